The summed E-state index contributed by atoms with van der Waals surface area (Å²) in [6, 6.07) is 23.2. The lowest BCUT2D eigenvalue weighted by Crippen LogP contribution is -2.60. The van der Waals surface area contributed by atoms with Gasteiger partial charge in [0.25, 0.3) is 0 Å². The summed E-state index contributed by atoms with van der Waals surface area (Å²) in [6.07, 6.45) is -3.01. The number of alkyl carbamates (subject to hydrolysis) is 1. The first-order chi connectivity index (χ1) is 20.1. The summed E-state index contributed by atoms with van der Waals surface area (Å²) >= 11 is 0. The minimum Gasteiger partial charge on any atom is -0.467 e. The van der Waals surface area contributed by atoms with Gasteiger partial charge in [0, 0.05) is 0 Å². The zero-order valence-corrected chi connectivity index (χ0v) is 23.9. The molecule has 0 bridgehead atoms. The molecule has 0 aromatic heterocycles. The molecule has 3 amide bonds. The monoisotopic (exact) mass is 577 g/mol. The molecule has 11 heteroatoms. The molecule has 42 heavy (non-hydrogen) atoms. The van der Waals surface area contributed by atoms with Crippen molar-refractivity contribution in [2.75, 3.05) is 7.11 Å². The largest absolute Gasteiger partial charge is 0.467 e. The van der Waals surface area contributed by atoms with Crippen molar-refractivity contribution in [1.29, 1.82) is 0 Å². The number of methoxy groups -OCH3 is 1. The average molecular weight is 578 g/mol. The van der Waals surface area contributed by atoms with Crippen molar-refractivity contribution in [3.63, 3.8) is 0 Å². The van der Waals surface area contributed by atoms with Gasteiger partial charge < -0.3 is 24.3 Å². The van der Waals surface area contributed by atoms with Gasteiger partial charge in [0.05, 0.1) is 13.2 Å². The van der Waals surface area contributed by atoms with E-state index in [1.807, 2.05) is 12.1 Å². The van der Waals surface area contributed by atoms with Gasteiger partial charge in [-0.25, -0.2) is 24.6 Å². The van der Waals surface area contributed by atoms with Crippen LogP contribution in [0.2, 0.25) is 0 Å². The highest BCUT2D eigenvalue weighted by Crippen LogP contribution is 2.24. The second-order valence-electron chi connectivity index (χ2n) is 10.1. The molecule has 0 aliphatic carbocycles. The van der Waals surface area contributed by atoms with Gasteiger partial charge in [-0.15, -0.1) is 0 Å². The summed E-state index contributed by atoms with van der Waals surface area (Å²) in [4.78, 5) is 52.7. The lowest BCUT2D eigenvalue weighted by molar-refractivity contribution is -0.148. The molecule has 3 aromatic carbocycles. The number of hydrogen-bond donors (Lipinski definition) is 2. The highest BCUT2D eigenvalue weighted by Gasteiger charge is 2.42. The Morgan fingerprint density at radius 2 is 1.24 bits per heavy atom. The Bertz CT molecular complexity index is 1310. The van der Waals surface area contributed by atoms with Crippen molar-refractivity contribution in [3.05, 3.63) is 108 Å². The molecular formula is C31H35N3O8. The maximum Gasteiger partial charge on any atom is 0.430 e. The first kappa shape index (κ1) is 31.5. The number of carbonyl (C=O) groups is 4. The Hall–Kier alpha value is -5.06. The Kier molecular flexibility index (Phi) is 11.3. The number of hydrogen-bond acceptors (Lipinski definition) is 8. The number of benzene rings is 3. The molecule has 0 heterocycles. The van der Waals surface area contributed by atoms with Crippen LogP contribution in [0.25, 0.3) is 0 Å². The van der Waals surface area contributed by atoms with Gasteiger partial charge in [0.2, 0.25) is 0 Å². The highest BCUT2D eigenvalue weighted by atomic mass is 16.6. The predicted octanol–water partition coefficient (Wildman–Crippen LogP) is 5.27. The normalized spacial score (nSPS) is 12.2. The van der Waals surface area contributed by atoms with Gasteiger partial charge in [-0.2, -0.15) is 5.01 Å². The third-order valence-electron chi connectivity index (χ3n) is 5.69. The molecule has 0 aliphatic heterocycles. The summed E-state index contributed by atoms with van der Waals surface area (Å²) in [6.45, 7) is 4.76. The number of ether oxygens (including phenoxy) is 4. The number of rotatable bonds is 9. The molecule has 3 aromatic rings. The zero-order chi connectivity index (χ0) is 30.5. The van der Waals surface area contributed by atoms with E-state index < -0.39 is 41.9 Å². The van der Waals surface area contributed by atoms with Gasteiger partial charge in [0.15, 0.2) is 6.04 Å². The summed E-state index contributed by atoms with van der Waals surface area (Å²) in [5.41, 5.74) is 3.23. The molecule has 0 saturated heterocycles. The fourth-order valence-corrected chi connectivity index (χ4v) is 3.82. The van der Waals surface area contributed by atoms with E-state index in [1.165, 1.54) is 0 Å². The van der Waals surface area contributed by atoms with Crippen LogP contribution in [0.15, 0.2) is 91.0 Å². The second kappa shape index (κ2) is 15.1. The quantitative estimate of drug-likeness (QED) is 0.200. The molecule has 0 fully saturated rings. The van der Waals surface area contributed by atoms with Crippen molar-refractivity contribution < 1.29 is 38.1 Å². The molecule has 0 spiro atoms. The number of amides is 3. The lowest BCUT2D eigenvalue weighted by Gasteiger charge is -2.34. The number of hydrazine groups is 1. The van der Waals surface area contributed by atoms with Gasteiger partial charge in [-0.1, -0.05) is 91.0 Å². The molecule has 11 nitrogen and oxygen atoms in total. The number of nitrogens with one attached hydrogen (secondary N) is 2. The van der Waals surface area contributed by atoms with Crippen LogP contribution in [0, 0.1) is 0 Å². The zero-order valence-electron chi connectivity index (χ0n) is 23.9. The SMILES string of the molecule is COC(=O)[C@H]([C@H](NC(=O)OC(C)(C)C)c1ccccc1)N(NC(=O)OCc1ccccc1)C(=O)OCc1ccccc1. The topological polar surface area (TPSA) is 132 Å². The van der Waals surface area contributed by atoms with Gasteiger partial charge in [0.1, 0.15) is 18.8 Å². The molecule has 222 valence electrons. The number of carbonyl (C=O) groups excluding carboxylic acids is 4. The summed E-state index contributed by atoms with van der Waals surface area (Å²) in [5, 5.41) is 3.29. The standard InChI is InChI=1S/C31H35N3O8/c1-31(2,3)42-28(36)32-25(24-18-12-7-13-19-24)26(27(35)39-4)34(30(38)41-21-23-16-10-6-11-17-23)33-29(37)40-20-22-14-8-5-9-15-22/h5-19,25-26H,20-21H2,1-4H3,(H,32,36)(H,33,37)/t25-,26+/m1/s1. The van der Waals surface area contributed by atoms with Crippen LogP contribution in [-0.2, 0) is 37.0 Å². The number of nitrogens with zero attached hydrogens (tertiary/aromatic N) is 1. The van der Waals surface area contributed by atoms with E-state index in [2.05, 4.69) is 10.7 Å². The van der Waals surface area contributed by atoms with Crippen LogP contribution in [0.4, 0.5) is 14.4 Å². The molecular weight excluding hydrogens is 542 g/mol. The molecule has 0 radical (unpaired) electrons. The van der Waals surface area contributed by atoms with Crippen LogP contribution >= 0.6 is 0 Å². The van der Waals surface area contributed by atoms with Crippen molar-refractivity contribution in [3.8, 4) is 0 Å². The van der Waals surface area contributed by atoms with Gasteiger partial charge >= 0.3 is 24.2 Å². The van der Waals surface area contributed by atoms with Crippen molar-refractivity contribution in [1.82, 2.24) is 15.8 Å². The highest BCUT2D eigenvalue weighted by molar-refractivity contribution is 5.85. The van der Waals surface area contributed by atoms with E-state index >= 15 is 0 Å². The van der Waals surface area contributed by atoms with E-state index in [0.29, 0.717) is 21.7 Å². The van der Waals surface area contributed by atoms with Crippen LogP contribution < -0.4 is 10.7 Å². The fraction of sp³-hybridized carbons (Fsp3) is 0.290. The lowest BCUT2D eigenvalue weighted by atomic mass is 9.99. The van der Waals surface area contributed by atoms with Crippen molar-refractivity contribution in [2.45, 2.75) is 51.7 Å². The molecule has 2 N–H and O–H groups in total. The first-order valence-electron chi connectivity index (χ1n) is 13.2. The summed E-state index contributed by atoms with van der Waals surface area (Å²) < 4.78 is 21.2. The smallest absolute Gasteiger partial charge is 0.430 e. The van der Waals surface area contributed by atoms with E-state index in [0.717, 1.165) is 7.11 Å². The minimum absolute atomic E-state index is 0.110. The van der Waals surface area contributed by atoms with Crippen LogP contribution in [0.1, 0.15) is 43.5 Å². The van der Waals surface area contributed by atoms with Crippen LogP contribution in [0.3, 0.4) is 0 Å². The molecule has 0 aliphatic rings. The van der Waals surface area contributed by atoms with E-state index in [4.69, 9.17) is 18.9 Å². The molecule has 3 rings (SSSR count). The maximum absolute atomic E-state index is 13.5. The van der Waals surface area contributed by atoms with E-state index in [9.17, 15) is 19.2 Å². The number of esters is 1. The van der Waals surface area contributed by atoms with Gasteiger partial charge in [-0.05, 0) is 37.5 Å². The summed E-state index contributed by atoms with van der Waals surface area (Å²) in [5.74, 6) is -0.958. The van der Waals surface area contributed by atoms with Gasteiger partial charge in [-0.3, -0.25) is 0 Å². The molecule has 0 saturated carbocycles. The minimum atomic E-state index is -1.64. The molecule has 2 atom stereocenters. The van der Waals surface area contributed by atoms with Crippen molar-refractivity contribution in [2.24, 2.45) is 0 Å². The Morgan fingerprint density at radius 1 is 0.738 bits per heavy atom. The van der Waals surface area contributed by atoms with Crippen LogP contribution in [-0.4, -0.2) is 48.0 Å². The van der Waals surface area contributed by atoms with Crippen LogP contribution in [0.5, 0.6) is 0 Å². The predicted molar refractivity (Wildman–Crippen MR) is 153 cm³/mol. The third kappa shape index (κ3) is 9.84. The van der Waals surface area contributed by atoms with E-state index in [-0.39, 0.29) is 13.2 Å². The Morgan fingerprint density at radius 3 is 1.74 bits per heavy atom. The Labute approximate surface area is 244 Å². The Balaban J connectivity index is 1.97. The second-order valence-corrected chi connectivity index (χ2v) is 10.1. The maximum atomic E-state index is 13.5. The fourth-order valence-electron chi connectivity index (χ4n) is 3.82. The first-order valence-corrected chi connectivity index (χ1v) is 13.2. The van der Waals surface area contributed by atoms with Crippen molar-refractivity contribution >= 4 is 24.2 Å². The third-order valence-corrected chi connectivity index (χ3v) is 5.69. The van der Waals surface area contributed by atoms with E-state index in [1.54, 1.807) is 99.6 Å². The summed E-state index contributed by atoms with van der Waals surface area (Å²) in [7, 11) is 1.12. The average Bonchev–Trinajstić information content (AvgIpc) is 2.98. The molecule has 0 unspecified atom stereocenters.